The van der Waals surface area contributed by atoms with Crippen LogP contribution in [0.3, 0.4) is 0 Å². The van der Waals surface area contributed by atoms with E-state index in [1.807, 2.05) is 0 Å². The van der Waals surface area contributed by atoms with Gasteiger partial charge in [-0.2, -0.15) is 5.06 Å². The lowest BCUT2D eigenvalue weighted by molar-refractivity contribution is -0.281. The van der Waals surface area contributed by atoms with Crippen LogP contribution in [0.4, 0.5) is 4.79 Å². The van der Waals surface area contributed by atoms with Gasteiger partial charge in [0, 0.05) is 0 Å². The minimum absolute atomic E-state index is 0.292. The molecule has 9 heavy (non-hydrogen) atoms. The second kappa shape index (κ2) is 3.20. The molecule has 2 amide bonds. The first-order valence-corrected chi connectivity index (χ1v) is 1.88. The van der Waals surface area contributed by atoms with Gasteiger partial charge in [-0.25, -0.2) is 4.79 Å². The van der Waals surface area contributed by atoms with E-state index in [9.17, 15) is 4.79 Å². The van der Waals surface area contributed by atoms with Crippen LogP contribution in [0.2, 0.25) is 0 Å². The van der Waals surface area contributed by atoms with Crippen LogP contribution >= 0.6 is 0 Å². The highest BCUT2D eigenvalue weighted by molar-refractivity contribution is 5.70. The third kappa shape index (κ3) is 2.24. The molecule has 7 heteroatoms. The number of hydrogen-bond acceptors (Lipinski definition) is 5. The Hall–Kier alpha value is -0.890. The zero-order valence-corrected chi connectivity index (χ0v) is 4.30. The first kappa shape index (κ1) is 8.11. The second-order valence-corrected chi connectivity index (χ2v) is 1.11. The van der Waals surface area contributed by atoms with Crippen LogP contribution in [0.15, 0.2) is 0 Å². The molecule has 0 saturated carbocycles. The Morgan fingerprint density at radius 3 is 1.89 bits per heavy atom. The van der Waals surface area contributed by atoms with Crippen molar-refractivity contribution < 1.29 is 25.5 Å². The maximum Gasteiger partial charge on any atom is 0.395 e. The van der Waals surface area contributed by atoms with Gasteiger partial charge in [0.2, 0.25) is 0 Å². The summed E-state index contributed by atoms with van der Waals surface area (Å²) in [7, 11) is 0. The van der Waals surface area contributed by atoms with Gasteiger partial charge in [-0.15, -0.1) is 0 Å². The van der Waals surface area contributed by atoms with E-state index in [1.54, 1.807) is 0 Å². The average molecular weight is 138 g/mol. The zero-order chi connectivity index (χ0) is 7.44. The Labute approximate surface area is 49.8 Å². The summed E-state index contributed by atoms with van der Waals surface area (Å²) >= 11 is 0. The highest BCUT2D eigenvalue weighted by Gasteiger charge is 2.13. The third-order valence-corrected chi connectivity index (χ3v) is 0.526. The third-order valence-electron chi connectivity index (χ3n) is 0.526. The number of nitrogens with zero attached hydrogens (tertiary/aromatic N) is 2. The molecule has 54 valence electrons. The van der Waals surface area contributed by atoms with Gasteiger partial charge in [-0.05, 0) is 0 Å². The van der Waals surface area contributed by atoms with Crippen molar-refractivity contribution in [1.29, 1.82) is 0 Å². The second-order valence-electron chi connectivity index (χ2n) is 1.11. The lowest BCUT2D eigenvalue weighted by Crippen LogP contribution is -2.37. The minimum atomic E-state index is -1.53. The normalized spacial score (nSPS) is 8.89. The monoisotopic (exact) mass is 138 g/mol. The molecule has 0 aromatic heterocycles. The lowest BCUT2D eigenvalue weighted by atomic mass is 10.9. The van der Waals surface area contributed by atoms with Crippen molar-refractivity contribution in [2.24, 2.45) is 0 Å². The SMILES string of the molecule is O=C(N(O)O)N(O)CO. The Balaban J connectivity index is 3.73. The number of rotatable bonds is 1. The average Bonchev–Trinajstić information content (AvgIpc) is 1.84. The molecule has 0 atom stereocenters. The number of aliphatic hydroxyl groups is 1. The van der Waals surface area contributed by atoms with E-state index in [-0.39, 0.29) is 5.06 Å². The fourth-order valence-corrected chi connectivity index (χ4v) is 0.164. The number of hydroxylamine groups is 4. The maximum atomic E-state index is 10.0. The van der Waals surface area contributed by atoms with Crippen molar-refractivity contribution in [3.8, 4) is 0 Å². The Morgan fingerprint density at radius 2 is 1.78 bits per heavy atom. The van der Waals surface area contributed by atoms with Gasteiger partial charge in [-0.1, -0.05) is 5.23 Å². The molecule has 0 bridgehead atoms. The molecule has 4 N–H and O–H groups in total. The summed E-state index contributed by atoms with van der Waals surface area (Å²) < 4.78 is 0. The molecule has 0 radical (unpaired) electrons. The summed E-state index contributed by atoms with van der Waals surface area (Å²) in [5.41, 5.74) is 0. The molecule has 0 aliphatic rings. The summed E-state index contributed by atoms with van der Waals surface area (Å²) in [6.07, 6.45) is 0. The topological polar surface area (TPSA) is 104 Å². The van der Waals surface area contributed by atoms with Crippen LogP contribution in [0, 0.1) is 0 Å². The first-order chi connectivity index (χ1) is 4.09. The van der Waals surface area contributed by atoms with Gasteiger partial charge < -0.3 is 5.11 Å². The Bertz CT molecular complexity index is 103. The van der Waals surface area contributed by atoms with Gasteiger partial charge in [0.15, 0.2) is 0 Å². The van der Waals surface area contributed by atoms with Crippen molar-refractivity contribution in [3.05, 3.63) is 0 Å². The minimum Gasteiger partial charge on any atom is -0.374 e. The maximum absolute atomic E-state index is 10.0. The van der Waals surface area contributed by atoms with E-state index in [4.69, 9.17) is 20.7 Å². The largest absolute Gasteiger partial charge is 0.395 e. The quantitative estimate of drug-likeness (QED) is 0.207. The van der Waals surface area contributed by atoms with E-state index in [0.717, 1.165) is 0 Å². The van der Waals surface area contributed by atoms with Gasteiger partial charge in [0.25, 0.3) is 0 Å². The van der Waals surface area contributed by atoms with E-state index in [1.165, 1.54) is 0 Å². The van der Waals surface area contributed by atoms with Gasteiger partial charge in [0.05, 0.1) is 0 Å². The van der Waals surface area contributed by atoms with Crippen LogP contribution < -0.4 is 0 Å². The van der Waals surface area contributed by atoms with Crippen LogP contribution in [-0.4, -0.2) is 43.8 Å². The van der Waals surface area contributed by atoms with Crippen LogP contribution in [0.5, 0.6) is 0 Å². The molecule has 0 aromatic carbocycles. The van der Waals surface area contributed by atoms with Crippen LogP contribution in [-0.2, 0) is 0 Å². The highest BCUT2D eigenvalue weighted by Crippen LogP contribution is 1.85. The van der Waals surface area contributed by atoms with Gasteiger partial charge in [-0.3, -0.25) is 15.6 Å². The van der Waals surface area contributed by atoms with Gasteiger partial charge >= 0.3 is 6.03 Å². The molecule has 0 spiro atoms. The molecule has 0 heterocycles. The number of carbonyl (C=O) groups is 1. The first-order valence-electron chi connectivity index (χ1n) is 1.88. The summed E-state index contributed by atoms with van der Waals surface area (Å²) in [6.45, 7) is -1.00. The smallest absolute Gasteiger partial charge is 0.374 e. The van der Waals surface area contributed by atoms with E-state index >= 15 is 0 Å². The number of carbonyl (C=O) groups excluding carboxylic acids is 1. The predicted octanol–water partition coefficient (Wildman–Crippen LogP) is -1.17. The van der Waals surface area contributed by atoms with Crippen LogP contribution in [0.1, 0.15) is 0 Å². The number of amides is 2. The summed E-state index contributed by atoms with van der Waals surface area (Å²) in [5, 5.41) is 30.7. The number of aliphatic hydroxyl groups excluding tert-OH is 1. The molecule has 7 nitrogen and oxygen atoms in total. The predicted molar refractivity (Wildman–Crippen MR) is 21.5 cm³/mol. The molecule has 0 rings (SSSR count). The highest BCUT2D eigenvalue weighted by atomic mass is 16.8. The van der Waals surface area contributed by atoms with E-state index in [2.05, 4.69) is 0 Å². The fourth-order valence-electron chi connectivity index (χ4n) is 0.164. The van der Waals surface area contributed by atoms with E-state index < -0.39 is 18.0 Å². The number of hydrogen-bond donors (Lipinski definition) is 4. The van der Waals surface area contributed by atoms with E-state index in [0.29, 0.717) is 0 Å². The summed E-state index contributed by atoms with van der Waals surface area (Å²) in [6, 6.07) is -1.53. The molecular weight excluding hydrogens is 132 g/mol. The molecule has 0 saturated heterocycles. The summed E-state index contributed by atoms with van der Waals surface area (Å²) in [4.78, 5) is 10.0. The molecule has 0 aliphatic heterocycles. The van der Waals surface area contributed by atoms with Crippen molar-refractivity contribution in [1.82, 2.24) is 10.3 Å². The molecule has 0 aromatic rings. The molecular formula is C2H6N2O5. The molecule has 0 unspecified atom stereocenters. The lowest BCUT2D eigenvalue weighted by Gasteiger charge is -2.12. The molecule has 0 fully saturated rings. The standard InChI is InChI=1S/C2H6N2O5/c5-1-3(7)2(6)4(8)9/h5,7-9H,1H2. The van der Waals surface area contributed by atoms with Crippen LogP contribution in [0.25, 0.3) is 0 Å². The number of urea groups is 1. The van der Waals surface area contributed by atoms with Gasteiger partial charge in [0.1, 0.15) is 6.73 Å². The van der Waals surface area contributed by atoms with Crippen molar-refractivity contribution in [3.63, 3.8) is 0 Å². The van der Waals surface area contributed by atoms with Crippen molar-refractivity contribution >= 4 is 6.03 Å². The Morgan fingerprint density at radius 1 is 1.33 bits per heavy atom. The summed E-state index contributed by atoms with van der Waals surface area (Å²) in [5.74, 6) is 0. The zero-order valence-electron chi connectivity index (χ0n) is 4.30. The van der Waals surface area contributed by atoms with Crippen molar-refractivity contribution in [2.75, 3.05) is 6.73 Å². The van der Waals surface area contributed by atoms with Crippen molar-refractivity contribution in [2.45, 2.75) is 0 Å². The fraction of sp³-hybridized carbons (Fsp3) is 0.500. The molecule has 0 aliphatic carbocycles. The Kier molecular flexibility index (Phi) is 2.88.